The maximum atomic E-state index is 12.3. The molecule has 7 aliphatic heterocycles. The summed E-state index contributed by atoms with van der Waals surface area (Å²) in [4.78, 5) is 24.3. The van der Waals surface area contributed by atoms with Gasteiger partial charge in [0.1, 0.15) is 152 Å². The lowest BCUT2D eigenvalue weighted by atomic mass is 9.81. The molecule has 0 aliphatic carbocycles. The maximum absolute atomic E-state index is 12.3. The van der Waals surface area contributed by atoms with E-state index in [4.69, 9.17) is 61.6 Å². The molecule has 0 spiro atoms. The zero-order chi connectivity index (χ0) is 61.4. The first-order valence-electron chi connectivity index (χ1n) is 27.0. The number of aliphatic hydroxyl groups excluding tert-OH is 18. The fraction of sp³-hybridized carbons (Fsp3) is 0.840. The van der Waals surface area contributed by atoms with E-state index in [2.05, 4.69) is 5.32 Å². The van der Waals surface area contributed by atoms with Crippen molar-refractivity contribution in [1.29, 1.82) is 0 Å². The van der Waals surface area contributed by atoms with Gasteiger partial charge in [0.25, 0.3) is 5.91 Å². The molecule has 1 amide bonds. The van der Waals surface area contributed by atoms with Crippen LogP contribution in [0.5, 0.6) is 5.75 Å². The Labute approximate surface area is 477 Å². The van der Waals surface area contributed by atoms with Crippen molar-refractivity contribution in [2.24, 2.45) is 5.41 Å². The first-order chi connectivity index (χ1) is 39.9. The Morgan fingerprint density at radius 2 is 0.667 bits per heavy atom. The van der Waals surface area contributed by atoms with E-state index in [9.17, 15) is 102 Å². The number of amides is 1. The number of nitrogens with one attached hydrogen (secondary N) is 1. The number of carbonyl (C=O) groups is 2. The van der Waals surface area contributed by atoms with Gasteiger partial charge in [0, 0.05) is 13.2 Å². The molecule has 7 aliphatic rings. The van der Waals surface area contributed by atoms with E-state index < -0.39 is 247 Å². The number of ether oxygens (including phenoxy) is 13. The predicted octanol–water partition coefficient (Wildman–Crippen LogP) is -11.7. The third kappa shape index (κ3) is 13.4. The van der Waals surface area contributed by atoms with Gasteiger partial charge in [0.2, 0.25) is 12.1 Å². The van der Waals surface area contributed by atoms with Crippen molar-refractivity contribution in [3.05, 3.63) is 29.8 Å². The fourth-order valence-electron chi connectivity index (χ4n) is 11.1. The number of hydrogen-bond acceptors (Lipinski definition) is 33. The van der Waals surface area contributed by atoms with E-state index in [1.807, 2.05) is 0 Å². The van der Waals surface area contributed by atoms with Crippen molar-refractivity contribution >= 4 is 11.7 Å². The van der Waals surface area contributed by atoms with Gasteiger partial charge in [-0.05, 0) is 24.1 Å². The van der Waals surface area contributed by atoms with E-state index in [0.717, 1.165) is 5.56 Å². The quantitative estimate of drug-likeness (QED) is 0.0508. The van der Waals surface area contributed by atoms with Crippen molar-refractivity contribution in [3.63, 3.8) is 0 Å². The molecule has 19 N–H and O–H groups in total. The van der Waals surface area contributed by atoms with E-state index >= 15 is 0 Å². The molecule has 7 saturated heterocycles. The lowest BCUT2D eigenvalue weighted by Crippen LogP contribution is -2.68. The van der Waals surface area contributed by atoms with E-state index in [1.165, 1.54) is 19.2 Å². The average molecular weight is 1220 g/mol. The Hall–Kier alpha value is -3.04. The Balaban J connectivity index is 0.845. The normalized spacial score (nSPS) is 47.3. The summed E-state index contributed by atoms with van der Waals surface area (Å²) in [5.41, 5.74) is -0.225. The van der Waals surface area contributed by atoms with Crippen molar-refractivity contribution < 1.29 is 163 Å². The minimum absolute atomic E-state index is 0.143. The molecule has 34 nitrogen and oxygen atoms in total. The number of rotatable bonds is 21. The molecule has 0 saturated carbocycles. The van der Waals surface area contributed by atoms with Crippen LogP contribution in [0.3, 0.4) is 0 Å². The number of Topliss-reactive ketones (excluding diaryl/α,β-unsaturated/α-hetero) is 1. The highest BCUT2D eigenvalue weighted by atomic mass is 16.8. The molecule has 480 valence electrons. The molecule has 84 heavy (non-hydrogen) atoms. The first-order valence-corrected chi connectivity index (χ1v) is 27.0. The van der Waals surface area contributed by atoms with Gasteiger partial charge in [-0.25, -0.2) is 0 Å². The van der Waals surface area contributed by atoms with Crippen LogP contribution in [0.25, 0.3) is 0 Å². The molecule has 31 unspecified atom stereocenters. The van der Waals surface area contributed by atoms with Gasteiger partial charge in [0.15, 0.2) is 31.5 Å². The van der Waals surface area contributed by atoms with Crippen LogP contribution >= 0.6 is 0 Å². The topological polar surface area (TPSA) is 530 Å². The minimum atomic E-state index is -2.19. The van der Waals surface area contributed by atoms with E-state index in [0.29, 0.717) is 6.42 Å². The highest BCUT2D eigenvalue weighted by Crippen LogP contribution is 2.38. The number of ketones is 1. The summed E-state index contributed by atoms with van der Waals surface area (Å²) in [5, 5.41) is 198. The molecule has 34 heteroatoms. The maximum Gasteiger partial charge on any atom is 0.288 e. The van der Waals surface area contributed by atoms with Gasteiger partial charge in [-0.2, -0.15) is 0 Å². The molecule has 1 aromatic carbocycles. The summed E-state index contributed by atoms with van der Waals surface area (Å²) in [5.74, 6) is -1.07. The highest BCUT2D eigenvalue weighted by Gasteiger charge is 2.58. The van der Waals surface area contributed by atoms with Crippen LogP contribution in [0.2, 0.25) is 0 Å². The lowest BCUT2D eigenvalue weighted by molar-refractivity contribution is -0.395. The third-order valence-electron chi connectivity index (χ3n) is 16.2. The average Bonchev–Trinajstić information content (AvgIpc) is 3.43. The molecule has 31 atom stereocenters. The van der Waals surface area contributed by atoms with Crippen molar-refractivity contribution in [3.8, 4) is 5.75 Å². The van der Waals surface area contributed by atoms with Crippen LogP contribution in [0.15, 0.2) is 24.3 Å². The Bertz CT molecular complexity index is 2260. The van der Waals surface area contributed by atoms with Gasteiger partial charge in [-0.1, -0.05) is 26.0 Å². The molecule has 7 heterocycles. The van der Waals surface area contributed by atoms with Crippen LogP contribution in [-0.2, 0) is 72.9 Å². The van der Waals surface area contributed by atoms with Crippen molar-refractivity contribution in [2.75, 3.05) is 46.8 Å². The second-order valence-corrected chi connectivity index (χ2v) is 22.0. The molecule has 8 rings (SSSR count). The molecule has 7 fully saturated rings. The second-order valence-electron chi connectivity index (χ2n) is 22.0. The number of carbonyl (C=O) groups excluding carboxylic acids is 2. The molecule has 0 bridgehead atoms. The minimum Gasteiger partial charge on any atom is -0.462 e. The smallest absolute Gasteiger partial charge is 0.288 e. The van der Waals surface area contributed by atoms with Gasteiger partial charge in [0.05, 0.1) is 45.1 Å². The molecular formula is C50H77NO33. The second kappa shape index (κ2) is 28.2. The van der Waals surface area contributed by atoms with Gasteiger partial charge in [-0.3, -0.25) is 9.59 Å². The van der Waals surface area contributed by atoms with E-state index in [1.54, 1.807) is 26.0 Å². The predicted molar refractivity (Wildman–Crippen MR) is 263 cm³/mol. The summed E-state index contributed by atoms with van der Waals surface area (Å²) in [6.45, 7) is -2.26. The monoisotopic (exact) mass is 1220 g/mol. The van der Waals surface area contributed by atoms with Gasteiger partial charge < -0.3 is 159 Å². The Morgan fingerprint density at radius 3 is 0.929 bits per heavy atom. The van der Waals surface area contributed by atoms with Gasteiger partial charge in [-0.15, -0.1) is 0 Å². The molecule has 0 aromatic heterocycles. The van der Waals surface area contributed by atoms with Crippen LogP contribution in [0.4, 0.5) is 0 Å². The van der Waals surface area contributed by atoms with Gasteiger partial charge >= 0.3 is 0 Å². The summed E-state index contributed by atoms with van der Waals surface area (Å²) in [7, 11) is 1.19. The fourth-order valence-corrected chi connectivity index (χ4v) is 11.1. The van der Waals surface area contributed by atoms with E-state index in [-0.39, 0.29) is 5.75 Å². The third-order valence-corrected chi connectivity index (χ3v) is 16.2. The molecule has 1 aromatic rings. The van der Waals surface area contributed by atoms with Crippen molar-refractivity contribution in [1.82, 2.24) is 5.32 Å². The largest absolute Gasteiger partial charge is 0.462 e. The molecular weight excluding hydrogens is 1140 g/mol. The number of aliphatic hydroxyl groups is 18. The summed E-state index contributed by atoms with van der Waals surface area (Å²) in [6, 6.07) is 5.82. The zero-order valence-electron chi connectivity index (χ0n) is 45.3. The standard InChI is InChI=1S/C50H77NO33/c1-50(2)23(51-43(71)42(50)70)8-15-4-6-16(7-5-15)73-44-31(65)25(59)37(18(10-53)75-44)81-46-33(67)27(61)39(20(12-55)77-46)83-48-35(69)29(63)41(22(14-57)79-48)84-49-34(68)28(62)40(21(13-56)78-49)82-47-32(66)26(60)38(19(11-54)76-47)80-45-30(64)24(58)36(72-3)17(9-52)74-45/h4-7,17-41,44-49,52-69H,8-14H2,1-3H3,(H,51,71). The van der Waals surface area contributed by atoms with Crippen LogP contribution in [0, 0.1) is 5.41 Å². The first kappa shape index (κ1) is 66.9. The van der Waals surface area contributed by atoms with Crippen LogP contribution < -0.4 is 10.1 Å². The number of hydrogen-bond donors (Lipinski definition) is 19. The zero-order valence-corrected chi connectivity index (χ0v) is 45.3. The Morgan fingerprint density at radius 1 is 0.405 bits per heavy atom. The number of methoxy groups -OCH3 is 1. The summed E-state index contributed by atoms with van der Waals surface area (Å²) < 4.78 is 73.4. The SMILES string of the molecule is COC1C(CO)OC(OC2C(CO)OC(OC3C(CO)OC(OC4C(CO)OC(OC5C(CO)OC(OC6C(CO)OC(Oc7ccc(CC8NC(=O)C(=O)C8(C)C)cc7)C(O)C6O)C(O)C5O)C(O)C4O)C(O)C3O)C(O)C2O)C(O)C1O. The molecule has 0 radical (unpaired) electrons. The lowest BCUT2D eigenvalue weighted by Gasteiger charge is -2.50. The van der Waals surface area contributed by atoms with Crippen LogP contribution in [0.1, 0.15) is 19.4 Å². The Kier molecular flexibility index (Phi) is 22.5. The highest BCUT2D eigenvalue weighted by molar-refractivity contribution is 6.40. The summed E-state index contributed by atoms with van der Waals surface area (Å²) >= 11 is 0. The summed E-state index contributed by atoms with van der Waals surface area (Å²) in [6.07, 6.45) is -55.0. The number of benzene rings is 1. The van der Waals surface area contributed by atoms with Crippen molar-refractivity contribution in [2.45, 2.75) is 211 Å². The van der Waals surface area contributed by atoms with Crippen LogP contribution in [-0.4, -0.2) is 341 Å².